The standard InChI is InChI=1S/C18H22ClN3OS.ClH/c1-11(21-16(23)10-15-4-3-9-20-15)18-22-17(12(2)24-18)13-5-7-14(19)8-6-13;/h5-8,11,15,20H,3-4,9-10H2,1-2H3,(H,21,23);1H. The van der Waals surface area contributed by atoms with Crippen LogP contribution in [0.3, 0.4) is 0 Å². The van der Waals surface area contributed by atoms with E-state index in [1.54, 1.807) is 11.3 Å². The minimum Gasteiger partial charge on any atom is -0.347 e. The quantitative estimate of drug-likeness (QED) is 0.776. The van der Waals surface area contributed by atoms with Crippen LogP contribution in [0.15, 0.2) is 24.3 Å². The van der Waals surface area contributed by atoms with Crippen molar-refractivity contribution in [3.8, 4) is 11.3 Å². The van der Waals surface area contributed by atoms with Crippen molar-refractivity contribution in [2.45, 2.75) is 45.2 Å². The Morgan fingerprint density at radius 2 is 2.16 bits per heavy atom. The van der Waals surface area contributed by atoms with Crippen LogP contribution in [0.4, 0.5) is 0 Å². The lowest BCUT2D eigenvalue weighted by molar-refractivity contribution is -0.122. The van der Waals surface area contributed by atoms with E-state index in [0.717, 1.165) is 40.5 Å². The molecule has 1 aromatic carbocycles. The number of hydrogen-bond acceptors (Lipinski definition) is 4. The second-order valence-corrected chi connectivity index (χ2v) is 7.92. The first kappa shape index (κ1) is 20.2. The molecule has 1 fully saturated rings. The van der Waals surface area contributed by atoms with Crippen molar-refractivity contribution in [1.29, 1.82) is 0 Å². The molecule has 2 N–H and O–H groups in total. The Bertz CT molecular complexity index is 712. The predicted octanol–water partition coefficient (Wildman–Crippen LogP) is 4.51. The zero-order valence-corrected chi connectivity index (χ0v) is 16.7. The number of halogens is 2. The zero-order chi connectivity index (χ0) is 17.1. The average Bonchev–Trinajstić information content (AvgIpc) is 3.17. The SMILES string of the molecule is Cc1sc(C(C)NC(=O)CC2CCCN2)nc1-c1ccc(Cl)cc1.Cl. The zero-order valence-electron chi connectivity index (χ0n) is 14.3. The van der Waals surface area contributed by atoms with Crippen LogP contribution in [0, 0.1) is 6.92 Å². The number of nitrogens with one attached hydrogen (secondary N) is 2. The van der Waals surface area contributed by atoms with Gasteiger partial charge in [-0.3, -0.25) is 4.79 Å². The Morgan fingerprint density at radius 3 is 2.80 bits per heavy atom. The highest BCUT2D eigenvalue weighted by molar-refractivity contribution is 7.12. The third-order valence-corrected chi connectivity index (χ3v) is 5.68. The molecule has 7 heteroatoms. The lowest BCUT2D eigenvalue weighted by Gasteiger charge is -2.14. The van der Waals surface area contributed by atoms with E-state index in [2.05, 4.69) is 17.6 Å². The monoisotopic (exact) mass is 399 g/mol. The van der Waals surface area contributed by atoms with E-state index in [0.29, 0.717) is 17.5 Å². The van der Waals surface area contributed by atoms with Crippen LogP contribution in [0.2, 0.25) is 5.02 Å². The van der Waals surface area contributed by atoms with Crippen LogP contribution in [0.25, 0.3) is 11.3 Å². The molecule has 4 nitrogen and oxygen atoms in total. The maximum Gasteiger partial charge on any atom is 0.222 e. The summed E-state index contributed by atoms with van der Waals surface area (Å²) in [5.74, 6) is 0.0859. The lowest BCUT2D eigenvalue weighted by atomic mass is 10.1. The summed E-state index contributed by atoms with van der Waals surface area (Å²) in [5, 5.41) is 8.08. The van der Waals surface area contributed by atoms with Gasteiger partial charge in [-0.15, -0.1) is 23.7 Å². The summed E-state index contributed by atoms with van der Waals surface area (Å²) in [6, 6.07) is 7.93. The highest BCUT2D eigenvalue weighted by Gasteiger charge is 2.21. The van der Waals surface area contributed by atoms with Gasteiger partial charge in [0.2, 0.25) is 5.91 Å². The summed E-state index contributed by atoms with van der Waals surface area (Å²) in [6.07, 6.45) is 2.78. The van der Waals surface area contributed by atoms with E-state index in [4.69, 9.17) is 16.6 Å². The van der Waals surface area contributed by atoms with E-state index >= 15 is 0 Å². The summed E-state index contributed by atoms with van der Waals surface area (Å²) in [7, 11) is 0. The van der Waals surface area contributed by atoms with Crippen LogP contribution in [0.5, 0.6) is 0 Å². The highest BCUT2D eigenvalue weighted by atomic mass is 35.5. The molecule has 0 radical (unpaired) electrons. The van der Waals surface area contributed by atoms with Crippen LogP contribution < -0.4 is 10.6 Å². The molecule has 3 rings (SSSR count). The van der Waals surface area contributed by atoms with Gasteiger partial charge in [0.25, 0.3) is 0 Å². The van der Waals surface area contributed by atoms with Crippen molar-refractivity contribution >= 4 is 41.3 Å². The first-order valence-corrected chi connectivity index (χ1v) is 9.48. The molecule has 2 aromatic rings. The third-order valence-electron chi connectivity index (χ3n) is 4.27. The Morgan fingerprint density at radius 1 is 1.44 bits per heavy atom. The van der Waals surface area contributed by atoms with E-state index in [9.17, 15) is 4.79 Å². The largest absolute Gasteiger partial charge is 0.347 e. The second kappa shape index (κ2) is 8.99. The van der Waals surface area contributed by atoms with E-state index in [1.807, 2.05) is 31.2 Å². The number of benzene rings is 1. The number of nitrogens with zero attached hydrogens (tertiary/aromatic N) is 1. The van der Waals surface area contributed by atoms with Crippen molar-refractivity contribution in [3.05, 3.63) is 39.2 Å². The Hall–Kier alpha value is -1.14. The van der Waals surface area contributed by atoms with Crippen LogP contribution in [0.1, 0.15) is 42.1 Å². The number of amides is 1. The molecule has 2 unspecified atom stereocenters. The Labute approximate surface area is 163 Å². The second-order valence-electron chi connectivity index (χ2n) is 6.25. The minimum atomic E-state index is -0.0800. The fraction of sp³-hybridized carbons (Fsp3) is 0.444. The number of carbonyl (C=O) groups is 1. The van der Waals surface area contributed by atoms with E-state index < -0.39 is 0 Å². The van der Waals surface area contributed by atoms with Gasteiger partial charge in [-0.1, -0.05) is 23.7 Å². The molecular weight excluding hydrogens is 377 g/mol. The molecule has 136 valence electrons. The van der Waals surface area contributed by atoms with Gasteiger partial charge < -0.3 is 10.6 Å². The summed E-state index contributed by atoms with van der Waals surface area (Å²) in [6.45, 7) is 5.07. The van der Waals surface area contributed by atoms with Crippen molar-refractivity contribution < 1.29 is 4.79 Å². The molecule has 2 heterocycles. The minimum absolute atomic E-state index is 0. The fourth-order valence-electron chi connectivity index (χ4n) is 2.99. The van der Waals surface area contributed by atoms with Gasteiger partial charge in [-0.05, 0) is 45.4 Å². The molecule has 2 atom stereocenters. The number of aryl methyl sites for hydroxylation is 1. The molecule has 1 aromatic heterocycles. The topological polar surface area (TPSA) is 54.0 Å². The first-order chi connectivity index (χ1) is 11.5. The first-order valence-electron chi connectivity index (χ1n) is 8.29. The van der Waals surface area contributed by atoms with Crippen molar-refractivity contribution in [2.24, 2.45) is 0 Å². The maximum atomic E-state index is 12.2. The molecule has 1 amide bonds. The molecule has 0 saturated carbocycles. The number of thiazole rings is 1. The van der Waals surface area contributed by atoms with Gasteiger partial charge in [-0.25, -0.2) is 4.98 Å². The van der Waals surface area contributed by atoms with Crippen LogP contribution in [-0.2, 0) is 4.79 Å². The van der Waals surface area contributed by atoms with Gasteiger partial charge in [0.05, 0.1) is 11.7 Å². The lowest BCUT2D eigenvalue weighted by Crippen LogP contribution is -2.33. The van der Waals surface area contributed by atoms with Gasteiger partial charge in [0.1, 0.15) is 5.01 Å². The van der Waals surface area contributed by atoms with Crippen molar-refractivity contribution in [1.82, 2.24) is 15.6 Å². The van der Waals surface area contributed by atoms with Gasteiger partial charge in [0.15, 0.2) is 0 Å². The number of carbonyl (C=O) groups excluding carboxylic acids is 1. The molecule has 1 saturated heterocycles. The summed E-state index contributed by atoms with van der Waals surface area (Å²) in [4.78, 5) is 18.1. The molecule has 25 heavy (non-hydrogen) atoms. The molecule has 0 spiro atoms. The average molecular weight is 400 g/mol. The normalized spacial score (nSPS) is 17.8. The van der Waals surface area contributed by atoms with Gasteiger partial charge in [0, 0.05) is 27.9 Å². The number of hydrogen-bond donors (Lipinski definition) is 2. The molecule has 0 aliphatic carbocycles. The van der Waals surface area contributed by atoms with Crippen molar-refractivity contribution in [2.75, 3.05) is 6.54 Å². The summed E-state index contributed by atoms with van der Waals surface area (Å²) in [5.41, 5.74) is 2.01. The number of aromatic nitrogens is 1. The summed E-state index contributed by atoms with van der Waals surface area (Å²) >= 11 is 7.58. The molecular formula is C18H23Cl2N3OS. The van der Waals surface area contributed by atoms with Crippen LogP contribution >= 0.6 is 35.3 Å². The summed E-state index contributed by atoms with van der Waals surface area (Å²) < 4.78 is 0. The molecule has 0 bridgehead atoms. The fourth-order valence-corrected chi connectivity index (χ4v) is 4.07. The Kier molecular flexibility index (Phi) is 7.25. The van der Waals surface area contributed by atoms with Crippen LogP contribution in [-0.4, -0.2) is 23.5 Å². The molecule has 1 aliphatic heterocycles. The van der Waals surface area contributed by atoms with Crippen molar-refractivity contribution in [3.63, 3.8) is 0 Å². The van der Waals surface area contributed by atoms with Gasteiger partial charge >= 0.3 is 0 Å². The third kappa shape index (κ3) is 5.17. The number of rotatable bonds is 5. The molecule has 1 aliphatic rings. The predicted molar refractivity (Wildman–Crippen MR) is 107 cm³/mol. The van der Waals surface area contributed by atoms with Gasteiger partial charge in [-0.2, -0.15) is 0 Å². The maximum absolute atomic E-state index is 12.2. The Balaban J connectivity index is 0.00000225. The highest BCUT2D eigenvalue weighted by Crippen LogP contribution is 2.31. The smallest absolute Gasteiger partial charge is 0.222 e. The van der Waals surface area contributed by atoms with E-state index in [1.165, 1.54) is 0 Å². The van der Waals surface area contributed by atoms with E-state index in [-0.39, 0.29) is 24.4 Å².